The zero-order valence-electron chi connectivity index (χ0n) is 10.8. The van der Waals surface area contributed by atoms with Gasteiger partial charge in [0.2, 0.25) is 0 Å². The second kappa shape index (κ2) is 6.16. The Morgan fingerprint density at radius 2 is 1.89 bits per heavy atom. The van der Waals surface area contributed by atoms with Crippen LogP contribution in [0.1, 0.15) is 18.9 Å². The molecule has 0 aliphatic rings. The highest BCUT2D eigenvalue weighted by Crippen LogP contribution is 2.28. The Kier molecular flexibility index (Phi) is 4.55. The lowest BCUT2D eigenvalue weighted by atomic mass is 10.2. The molecular formula is C13H15F2N3S. The van der Waals surface area contributed by atoms with Crippen molar-refractivity contribution in [2.45, 2.75) is 26.3 Å². The van der Waals surface area contributed by atoms with Gasteiger partial charge in [0.1, 0.15) is 16.6 Å². The van der Waals surface area contributed by atoms with Gasteiger partial charge in [-0.25, -0.2) is 8.78 Å². The zero-order chi connectivity index (χ0) is 13.8. The molecular weight excluding hydrogens is 268 g/mol. The monoisotopic (exact) mass is 283 g/mol. The van der Waals surface area contributed by atoms with Crippen molar-refractivity contribution in [2.24, 2.45) is 0 Å². The largest absolute Gasteiger partial charge is 0.314 e. The second-order valence-electron chi connectivity index (χ2n) is 4.46. The lowest BCUT2D eigenvalue weighted by Gasteiger charge is -2.05. The Labute approximate surface area is 114 Å². The van der Waals surface area contributed by atoms with E-state index in [1.54, 1.807) is 0 Å². The van der Waals surface area contributed by atoms with Gasteiger partial charge in [0.05, 0.1) is 5.56 Å². The Hall–Kier alpha value is -1.40. The van der Waals surface area contributed by atoms with E-state index in [-0.39, 0.29) is 10.6 Å². The normalized spacial score (nSPS) is 11.2. The highest BCUT2D eigenvalue weighted by atomic mass is 32.1. The molecule has 2 aromatic rings. The van der Waals surface area contributed by atoms with Crippen LogP contribution in [-0.4, -0.2) is 22.8 Å². The van der Waals surface area contributed by atoms with E-state index in [4.69, 9.17) is 0 Å². The summed E-state index contributed by atoms with van der Waals surface area (Å²) in [5, 5.41) is 12.1. The fraction of sp³-hybridized carbons (Fsp3) is 0.385. The summed E-state index contributed by atoms with van der Waals surface area (Å²) < 4.78 is 27.2. The van der Waals surface area contributed by atoms with Crippen molar-refractivity contribution in [1.82, 2.24) is 15.5 Å². The Morgan fingerprint density at radius 1 is 1.21 bits per heavy atom. The Balaban J connectivity index is 2.12. The molecule has 0 atom stereocenters. The van der Waals surface area contributed by atoms with Gasteiger partial charge in [-0.05, 0) is 12.1 Å². The van der Waals surface area contributed by atoms with Gasteiger partial charge in [-0.15, -0.1) is 10.2 Å². The van der Waals surface area contributed by atoms with Crippen molar-refractivity contribution in [1.29, 1.82) is 0 Å². The highest BCUT2D eigenvalue weighted by Gasteiger charge is 2.15. The van der Waals surface area contributed by atoms with Crippen LogP contribution in [-0.2, 0) is 6.42 Å². The molecule has 1 aromatic carbocycles. The van der Waals surface area contributed by atoms with Gasteiger partial charge in [0.25, 0.3) is 0 Å². The predicted octanol–water partition coefficient (Wildman–Crippen LogP) is 3.02. The smallest absolute Gasteiger partial charge is 0.153 e. The predicted molar refractivity (Wildman–Crippen MR) is 72.1 cm³/mol. The van der Waals surface area contributed by atoms with Crippen LogP contribution in [0.3, 0.4) is 0 Å². The van der Waals surface area contributed by atoms with Crippen molar-refractivity contribution in [2.75, 3.05) is 6.54 Å². The fourth-order valence-corrected chi connectivity index (χ4v) is 2.51. The maximum absolute atomic E-state index is 13.6. The number of rotatable bonds is 5. The second-order valence-corrected chi connectivity index (χ2v) is 5.52. The topological polar surface area (TPSA) is 37.8 Å². The summed E-state index contributed by atoms with van der Waals surface area (Å²) in [6, 6.07) is 4.18. The number of hydrogen-bond donors (Lipinski definition) is 1. The van der Waals surface area contributed by atoms with E-state index in [2.05, 4.69) is 29.4 Å². The van der Waals surface area contributed by atoms with Crippen LogP contribution < -0.4 is 5.32 Å². The van der Waals surface area contributed by atoms with Crippen LogP contribution in [0.25, 0.3) is 10.6 Å². The van der Waals surface area contributed by atoms with E-state index in [1.807, 2.05) is 0 Å². The molecule has 1 heterocycles. The van der Waals surface area contributed by atoms with E-state index < -0.39 is 11.6 Å². The van der Waals surface area contributed by atoms with Gasteiger partial charge in [0.15, 0.2) is 5.01 Å². The Bertz CT molecular complexity index is 534. The maximum atomic E-state index is 13.6. The van der Waals surface area contributed by atoms with Gasteiger partial charge in [-0.2, -0.15) is 0 Å². The number of halogens is 2. The van der Waals surface area contributed by atoms with Crippen LogP contribution in [0.2, 0.25) is 0 Å². The Morgan fingerprint density at radius 3 is 2.53 bits per heavy atom. The number of hydrogen-bond acceptors (Lipinski definition) is 4. The lowest BCUT2D eigenvalue weighted by Crippen LogP contribution is -2.24. The average Bonchev–Trinajstić information content (AvgIpc) is 2.77. The molecule has 0 unspecified atom stereocenters. The number of nitrogens with zero attached hydrogens (tertiary/aromatic N) is 2. The number of nitrogens with one attached hydrogen (secondary N) is 1. The van der Waals surface area contributed by atoms with Crippen LogP contribution in [0, 0.1) is 11.6 Å². The molecule has 2 rings (SSSR count). The van der Waals surface area contributed by atoms with Gasteiger partial charge in [0, 0.05) is 19.0 Å². The molecule has 3 nitrogen and oxygen atoms in total. The van der Waals surface area contributed by atoms with Crippen molar-refractivity contribution in [3.8, 4) is 10.6 Å². The van der Waals surface area contributed by atoms with Gasteiger partial charge >= 0.3 is 0 Å². The lowest BCUT2D eigenvalue weighted by molar-refractivity contribution is 0.587. The first-order valence-corrected chi connectivity index (χ1v) is 6.89. The summed E-state index contributed by atoms with van der Waals surface area (Å²) in [5.74, 6) is -1.22. The minimum atomic E-state index is -0.608. The molecule has 0 aliphatic carbocycles. The van der Waals surface area contributed by atoms with Crippen molar-refractivity contribution in [3.05, 3.63) is 34.8 Å². The average molecular weight is 283 g/mol. The zero-order valence-corrected chi connectivity index (χ0v) is 11.6. The highest BCUT2D eigenvalue weighted by molar-refractivity contribution is 7.14. The van der Waals surface area contributed by atoms with Crippen molar-refractivity contribution < 1.29 is 8.78 Å². The van der Waals surface area contributed by atoms with Crippen molar-refractivity contribution in [3.63, 3.8) is 0 Å². The minimum Gasteiger partial charge on any atom is -0.314 e. The van der Waals surface area contributed by atoms with E-state index in [9.17, 15) is 8.78 Å². The summed E-state index contributed by atoms with van der Waals surface area (Å²) in [7, 11) is 0. The summed E-state index contributed by atoms with van der Waals surface area (Å²) in [5.41, 5.74) is -0.0944. The van der Waals surface area contributed by atoms with E-state index in [0.29, 0.717) is 12.5 Å². The molecule has 1 aromatic heterocycles. The van der Waals surface area contributed by atoms with Gasteiger partial charge < -0.3 is 5.32 Å². The minimum absolute atomic E-state index is 0.0944. The maximum Gasteiger partial charge on any atom is 0.153 e. The molecule has 0 radical (unpaired) electrons. The number of aromatic nitrogens is 2. The molecule has 19 heavy (non-hydrogen) atoms. The fourth-order valence-electron chi connectivity index (χ4n) is 1.63. The van der Waals surface area contributed by atoms with Crippen LogP contribution in [0.4, 0.5) is 8.78 Å². The van der Waals surface area contributed by atoms with Crippen LogP contribution in [0.5, 0.6) is 0 Å². The van der Waals surface area contributed by atoms with E-state index in [0.717, 1.165) is 11.6 Å². The third kappa shape index (κ3) is 3.54. The summed E-state index contributed by atoms with van der Waals surface area (Å²) >= 11 is 1.22. The third-order valence-corrected chi connectivity index (χ3v) is 3.54. The quantitative estimate of drug-likeness (QED) is 0.916. The summed E-state index contributed by atoms with van der Waals surface area (Å²) in [6.07, 6.45) is 0.700. The third-order valence-electron chi connectivity index (χ3n) is 2.53. The van der Waals surface area contributed by atoms with Crippen LogP contribution in [0.15, 0.2) is 18.2 Å². The molecule has 0 saturated carbocycles. The number of benzene rings is 1. The van der Waals surface area contributed by atoms with E-state index >= 15 is 0 Å². The van der Waals surface area contributed by atoms with Crippen LogP contribution >= 0.6 is 11.3 Å². The first-order chi connectivity index (χ1) is 9.08. The molecule has 0 amide bonds. The van der Waals surface area contributed by atoms with Gasteiger partial charge in [-0.3, -0.25) is 0 Å². The van der Waals surface area contributed by atoms with Crippen molar-refractivity contribution >= 4 is 11.3 Å². The molecule has 0 spiro atoms. The molecule has 0 saturated heterocycles. The molecule has 0 aliphatic heterocycles. The molecule has 6 heteroatoms. The standard InChI is InChI=1S/C13H15F2N3S/c1-8(2)16-7-6-11-17-18-13(19-11)12-9(14)4-3-5-10(12)15/h3-5,8,16H,6-7H2,1-2H3. The van der Waals surface area contributed by atoms with Gasteiger partial charge in [-0.1, -0.05) is 31.3 Å². The SMILES string of the molecule is CC(C)NCCc1nnc(-c2c(F)cccc2F)s1. The molecule has 0 fully saturated rings. The molecule has 0 bridgehead atoms. The summed E-state index contributed by atoms with van der Waals surface area (Å²) in [4.78, 5) is 0. The van der Waals surface area contributed by atoms with E-state index in [1.165, 1.54) is 29.5 Å². The molecule has 102 valence electrons. The first-order valence-electron chi connectivity index (χ1n) is 6.08. The summed E-state index contributed by atoms with van der Waals surface area (Å²) in [6.45, 7) is 4.88. The molecule has 1 N–H and O–H groups in total. The first kappa shape index (κ1) is 14.0.